The molecule has 2 N–H and O–H groups in total. The Bertz CT molecular complexity index is 751. The summed E-state index contributed by atoms with van der Waals surface area (Å²) in [5.74, 6) is -2.19. The minimum Gasteiger partial charge on any atom is -0.481 e. The van der Waals surface area contributed by atoms with Gasteiger partial charge in [0.25, 0.3) is 0 Å². The number of carbonyl (C=O) groups excluding carboxylic acids is 1. The van der Waals surface area contributed by atoms with Gasteiger partial charge in [0.2, 0.25) is 5.91 Å². The number of hydrogen-bond donors (Lipinski definition) is 2. The molecule has 8 nitrogen and oxygen atoms in total. The third kappa shape index (κ3) is 4.07. The zero-order valence-corrected chi connectivity index (χ0v) is 14.3. The molecule has 3 rings (SSSR count). The maximum absolute atomic E-state index is 12.5. The molecule has 2 aromatic heterocycles. The van der Waals surface area contributed by atoms with Crippen molar-refractivity contribution in [2.45, 2.75) is 45.7 Å². The van der Waals surface area contributed by atoms with E-state index in [1.807, 2.05) is 17.8 Å². The molecule has 0 unspecified atom stereocenters. The fourth-order valence-corrected chi connectivity index (χ4v) is 3.34. The molecule has 0 saturated heterocycles. The molecule has 1 fully saturated rings. The first-order valence-corrected chi connectivity index (χ1v) is 8.64. The SMILES string of the molecule is CCn1cc(Cn2cc(NC(=O)[C@@H]3CCCC[C@H]3C(=O)O)cn2)cn1. The van der Waals surface area contributed by atoms with Crippen molar-refractivity contribution < 1.29 is 14.7 Å². The van der Waals surface area contributed by atoms with Crippen LogP contribution in [0, 0.1) is 11.8 Å². The zero-order valence-electron chi connectivity index (χ0n) is 14.3. The van der Waals surface area contributed by atoms with Gasteiger partial charge in [0, 0.05) is 24.5 Å². The summed E-state index contributed by atoms with van der Waals surface area (Å²) in [7, 11) is 0. The van der Waals surface area contributed by atoms with Crippen molar-refractivity contribution in [2.75, 3.05) is 5.32 Å². The van der Waals surface area contributed by atoms with Crippen LogP contribution in [-0.4, -0.2) is 36.5 Å². The van der Waals surface area contributed by atoms with Crippen molar-refractivity contribution in [1.29, 1.82) is 0 Å². The van der Waals surface area contributed by atoms with Crippen LogP contribution in [0.4, 0.5) is 5.69 Å². The number of amides is 1. The van der Waals surface area contributed by atoms with Crippen molar-refractivity contribution in [1.82, 2.24) is 19.6 Å². The first-order valence-electron chi connectivity index (χ1n) is 8.64. The van der Waals surface area contributed by atoms with E-state index in [1.165, 1.54) is 0 Å². The second-order valence-corrected chi connectivity index (χ2v) is 6.46. The van der Waals surface area contributed by atoms with Crippen LogP contribution in [0.2, 0.25) is 0 Å². The lowest BCUT2D eigenvalue weighted by Crippen LogP contribution is -2.35. The van der Waals surface area contributed by atoms with Crippen molar-refractivity contribution in [2.24, 2.45) is 11.8 Å². The van der Waals surface area contributed by atoms with Crippen LogP contribution in [-0.2, 0) is 22.7 Å². The van der Waals surface area contributed by atoms with Crippen molar-refractivity contribution in [3.8, 4) is 0 Å². The smallest absolute Gasteiger partial charge is 0.307 e. The predicted octanol–water partition coefficient (Wildman–Crippen LogP) is 1.98. The topological polar surface area (TPSA) is 102 Å². The van der Waals surface area contributed by atoms with Gasteiger partial charge in [0.1, 0.15) is 0 Å². The molecule has 1 saturated carbocycles. The first kappa shape index (κ1) is 17.2. The number of rotatable bonds is 6. The largest absolute Gasteiger partial charge is 0.481 e. The fourth-order valence-electron chi connectivity index (χ4n) is 3.34. The minimum absolute atomic E-state index is 0.231. The monoisotopic (exact) mass is 345 g/mol. The van der Waals surface area contributed by atoms with Gasteiger partial charge in [-0.1, -0.05) is 12.8 Å². The predicted molar refractivity (Wildman–Crippen MR) is 90.9 cm³/mol. The van der Waals surface area contributed by atoms with Crippen LogP contribution in [0.5, 0.6) is 0 Å². The number of hydrogen-bond acceptors (Lipinski definition) is 4. The highest BCUT2D eigenvalue weighted by Gasteiger charge is 2.35. The number of aliphatic carboxylic acids is 1. The number of aromatic nitrogens is 4. The van der Waals surface area contributed by atoms with E-state index in [9.17, 15) is 14.7 Å². The van der Waals surface area contributed by atoms with Crippen LogP contribution < -0.4 is 5.32 Å². The molecule has 8 heteroatoms. The lowest BCUT2D eigenvalue weighted by Gasteiger charge is -2.27. The van der Waals surface area contributed by atoms with Gasteiger partial charge in [-0.25, -0.2) is 0 Å². The van der Waals surface area contributed by atoms with Crippen LogP contribution >= 0.6 is 0 Å². The van der Waals surface area contributed by atoms with E-state index in [2.05, 4.69) is 15.5 Å². The molecule has 0 aromatic carbocycles. The molecule has 1 aliphatic carbocycles. The van der Waals surface area contributed by atoms with E-state index in [0.29, 0.717) is 25.1 Å². The molecule has 2 atom stereocenters. The maximum Gasteiger partial charge on any atom is 0.307 e. The molecule has 2 aromatic rings. The quantitative estimate of drug-likeness (QED) is 0.833. The van der Waals surface area contributed by atoms with E-state index in [-0.39, 0.29) is 5.91 Å². The van der Waals surface area contributed by atoms with Gasteiger partial charge in [-0.15, -0.1) is 0 Å². The molecule has 0 radical (unpaired) electrons. The number of nitrogens with one attached hydrogen (secondary N) is 1. The van der Waals surface area contributed by atoms with Gasteiger partial charge in [-0.05, 0) is 19.8 Å². The van der Waals surface area contributed by atoms with Gasteiger partial charge in [-0.2, -0.15) is 10.2 Å². The Labute approximate surface area is 145 Å². The Morgan fingerprint density at radius 3 is 2.56 bits per heavy atom. The normalized spacial score (nSPS) is 20.4. The summed E-state index contributed by atoms with van der Waals surface area (Å²) in [6.45, 7) is 3.40. The molecular weight excluding hydrogens is 322 g/mol. The van der Waals surface area contributed by atoms with E-state index >= 15 is 0 Å². The number of aryl methyl sites for hydroxylation is 1. The van der Waals surface area contributed by atoms with E-state index < -0.39 is 17.8 Å². The Kier molecular flexibility index (Phi) is 5.16. The summed E-state index contributed by atoms with van der Waals surface area (Å²) in [5.41, 5.74) is 1.61. The molecule has 0 spiro atoms. The zero-order chi connectivity index (χ0) is 17.8. The molecule has 0 bridgehead atoms. The molecule has 2 heterocycles. The number of anilines is 1. The average Bonchev–Trinajstić information content (AvgIpc) is 3.24. The third-order valence-electron chi connectivity index (χ3n) is 4.68. The number of carboxylic acids is 1. The second-order valence-electron chi connectivity index (χ2n) is 6.46. The van der Waals surface area contributed by atoms with E-state index in [4.69, 9.17) is 0 Å². The highest BCUT2D eigenvalue weighted by Crippen LogP contribution is 2.31. The van der Waals surface area contributed by atoms with Gasteiger partial charge in [-0.3, -0.25) is 19.0 Å². The van der Waals surface area contributed by atoms with Gasteiger partial charge in [0.15, 0.2) is 0 Å². The van der Waals surface area contributed by atoms with E-state index in [0.717, 1.165) is 24.9 Å². The summed E-state index contributed by atoms with van der Waals surface area (Å²) >= 11 is 0. The highest BCUT2D eigenvalue weighted by atomic mass is 16.4. The Hall–Kier alpha value is -2.64. The molecular formula is C17H23N5O3. The maximum atomic E-state index is 12.5. The van der Waals surface area contributed by atoms with Gasteiger partial charge >= 0.3 is 5.97 Å². The van der Waals surface area contributed by atoms with Crippen molar-refractivity contribution >= 4 is 17.6 Å². The van der Waals surface area contributed by atoms with Crippen LogP contribution in [0.3, 0.4) is 0 Å². The third-order valence-corrected chi connectivity index (χ3v) is 4.68. The Morgan fingerprint density at radius 1 is 1.16 bits per heavy atom. The van der Waals surface area contributed by atoms with Crippen LogP contribution in [0.25, 0.3) is 0 Å². The van der Waals surface area contributed by atoms with Crippen LogP contribution in [0.1, 0.15) is 38.2 Å². The molecule has 0 aliphatic heterocycles. The number of carboxylic acid groups (broad SMARTS) is 1. The number of carbonyl (C=O) groups is 2. The lowest BCUT2D eigenvalue weighted by atomic mass is 9.78. The molecule has 1 aliphatic rings. The van der Waals surface area contributed by atoms with E-state index in [1.54, 1.807) is 23.3 Å². The average molecular weight is 345 g/mol. The van der Waals surface area contributed by atoms with Gasteiger partial charge in [0.05, 0.1) is 36.5 Å². The standard InChI is InChI=1S/C17H23N5O3/c1-2-21-9-12(7-18-21)10-22-11-13(8-19-22)20-16(23)14-5-3-4-6-15(14)17(24)25/h7-9,11,14-15H,2-6,10H2,1H3,(H,20,23)(H,24,25)/t14-,15-/m1/s1. The summed E-state index contributed by atoms with van der Waals surface area (Å²) in [6.07, 6.45) is 10.0. The van der Waals surface area contributed by atoms with Crippen LogP contribution in [0.15, 0.2) is 24.8 Å². The lowest BCUT2D eigenvalue weighted by molar-refractivity contribution is -0.147. The first-order chi connectivity index (χ1) is 12.1. The van der Waals surface area contributed by atoms with Crippen molar-refractivity contribution in [3.05, 3.63) is 30.4 Å². The summed E-state index contributed by atoms with van der Waals surface area (Å²) < 4.78 is 3.57. The summed E-state index contributed by atoms with van der Waals surface area (Å²) in [5, 5.41) is 20.6. The minimum atomic E-state index is -0.886. The summed E-state index contributed by atoms with van der Waals surface area (Å²) in [6, 6.07) is 0. The molecule has 134 valence electrons. The van der Waals surface area contributed by atoms with Crippen molar-refractivity contribution in [3.63, 3.8) is 0 Å². The van der Waals surface area contributed by atoms with Gasteiger partial charge < -0.3 is 10.4 Å². The Morgan fingerprint density at radius 2 is 1.88 bits per heavy atom. The second kappa shape index (κ2) is 7.50. The summed E-state index contributed by atoms with van der Waals surface area (Å²) in [4.78, 5) is 23.8. The molecule has 1 amide bonds. The molecule has 25 heavy (non-hydrogen) atoms. The highest BCUT2D eigenvalue weighted by molar-refractivity contribution is 5.95. The Balaban J connectivity index is 1.62. The fraction of sp³-hybridized carbons (Fsp3) is 0.529. The number of nitrogens with zero attached hydrogens (tertiary/aromatic N) is 4.